The maximum Gasteiger partial charge on any atom is 0.242 e. The number of hydrogen-bond donors (Lipinski definition) is 3. The lowest BCUT2D eigenvalue weighted by molar-refractivity contribution is -0.123. The number of hydrogen-bond acceptors (Lipinski definition) is 4. The van der Waals surface area contributed by atoms with Gasteiger partial charge in [-0.15, -0.1) is 0 Å². The summed E-state index contributed by atoms with van der Waals surface area (Å²) in [5.41, 5.74) is 7.61. The van der Waals surface area contributed by atoms with Crippen molar-refractivity contribution in [3.8, 4) is 0 Å². The molecule has 6 heteroatoms. The number of anilines is 2. The van der Waals surface area contributed by atoms with Crippen LogP contribution in [0.2, 0.25) is 0 Å². The molecule has 6 nitrogen and oxygen atoms in total. The monoisotopic (exact) mass is 251 g/mol. The van der Waals surface area contributed by atoms with Gasteiger partial charge < -0.3 is 16.4 Å². The van der Waals surface area contributed by atoms with Gasteiger partial charge >= 0.3 is 0 Å². The summed E-state index contributed by atoms with van der Waals surface area (Å²) >= 11 is 0. The van der Waals surface area contributed by atoms with E-state index in [1.165, 1.54) is 0 Å². The molecule has 0 bridgehead atoms. The van der Waals surface area contributed by atoms with Crippen molar-refractivity contribution in [3.63, 3.8) is 0 Å². The van der Waals surface area contributed by atoms with Crippen molar-refractivity contribution >= 4 is 17.4 Å². The van der Waals surface area contributed by atoms with E-state index in [2.05, 4.69) is 29.6 Å². The van der Waals surface area contributed by atoms with E-state index in [9.17, 15) is 4.79 Å². The topological polar surface area (TPSA) is 85.0 Å². The van der Waals surface area contributed by atoms with E-state index in [0.717, 1.165) is 30.9 Å². The third-order valence-corrected chi connectivity index (χ3v) is 3.26. The number of nitrogens with zero attached hydrogens (tertiary/aromatic N) is 2. The molecule has 1 fully saturated rings. The molecule has 0 saturated carbocycles. The lowest BCUT2D eigenvalue weighted by Gasteiger charge is -2.23. The quantitative estimate of drug-likeness (QED) is 0.742. The summed E-state index contributed by atoms with van der Waals surface area (Å²) < 4.78 is 1.71. The highest BCUT2D eigenvalue weighted by Crippen LogP contribution is 2.28. The Bertz CT molecular complexity index is 452. The molecule has 1 atom stereocenters. The number of carbonyl (C=O) groups is 1. The van der Waals surface area contributed by atoms with Crippen LogP contribution in [0.5, 0.6) is 0 Å². The molecule has 1 aromatic heterocycles. The third kappa shape index (κ3) is 2.27. The van der Waals surface area contributed by atoms with Gasteiger partial charge in [0.25, 0.3) is 0 Å². The van der Waals surface area contributed by atoms with Crippen LogP contribution in [-0.2, 0) is 11.8 Å². The van der Waals surface area contributed by atoms with Crippen LogP contribution in [-0.4, -0.2) is 28.3 Å². The van der Waals surface area contributed by atoms with Crippen molar-refractivity contribution < 1.29 is 4.79 Å². The first kappa shape index (κ1) is 12.7. The van der Waals surface area contributed by atoms with E-state index >= 15 is 0 Å². The molecule has 1 aliphatic heterocycles. The summed E-state index contributed by atoms with van der Waals surface area (Å²) in [6, 6.07) is -0.212. The summed E-state index contributed by atoms with van der Waals surface area (Å²) in [7, 11) is 1.84. The van der Waals surface area contributed by atoms with Crippen LogP contribution < -0.4 is 16.4 Å². The molecule has 18 heavy (non-hydrogen) atoms. The number of nitrogen functional groups attached to an aromatic ring is 1. The van der Waals surface area contributed by atoms with Gasteiger partial charge in [-0.3, -0.25) is 9.48 Å². The van der Waals surface area contributed by atoms with Gasteiger partial charge in [-0.1, -0.05) is 13.8 Å². The fraction of sp³-hybridized carbons (Fsp3) is 0.667. The molecule has 1 amide bonds. The Kier molecular flexibility index (Phi) is 3.45. The SMILES string of the molecule is CC(C)c1nn(C)c(NC2CCCNC2=O)c1N. The Morgan fingerprint density at radius 2 is 2.28 bits per heavy atom. The molecule has 1 aliphatic rings. The fourth-order valence-corrected chi connectivity index (χ4v) is 2.23. The van der Waals surface area contributed by atoms with Crippen molar-refractivity contribution in [3.05, 3.63) is 5.69 Å². The van der Waals surface area contributed by atoms with Crippen LogP contribution in [0, 0.1) is 0 Å². The number of aromatic nitrogens is 2. The molecule has 0 radical (unpaired) electrons. The Balaban J connectivity index is 2.20. The molecular formula is C12H21N5O. The lowest BCUT2D eigenvalue weighted by Crippen LogP contribution is -2.44. The first-order valence-corrected chi connectivity index (χ1v) is 6.37. The highest BCUT2D eigenvalue weighted by molar-refractivity contribution is 5.86. The van der Waals surface area contributed by atoms with Gasteiger partial charge in [0.2, 0.25) is 5.91 Å². The molecular weight excluding hydrogens is 230 g/mol. The van der Waals surface area contributed by atoms with Gasteiger partial charge in [-0.2, -0.15) is 5.10 Å². The maximum atomic E-state index is 11.7. The van der Waals surface area contributed by atoms with E-state index < -0.39 is 0 Å². The Labute approximate surface area is 107 Å². The summed E-state index contributed by atoms with van der Waals surface area (Å²) in [5, 5.41) is 10.5. The van der Waals surface area contributed by atoms with E-state index in [4.69, 9.17) is 5.73 Å². The zero-order valence-corrected chi connectivity index (χ0v) is 11.2. The Morgan fingerprint density at radius 3 is 2.83 bits per heavy atom. The largest absolute Gasteiger partial charge is 0.394 e. The summed E-state index contributed by atoms with van der Waals surface area (Å²) in [4.78, 5) is 11.7. The van der Waals surface area contributed by atoms with E-state index in [1.54, 1.807) is 4.68 Å². The molecule has 100 valence electrons. The highest BCUT2D eigenvalue weighted by Gasteiger charge is 2.25. The highest BCUT2D eigenvalue weighted by atomic mass is 16.2. The number of piperidine rings is 1. The minimum absolute atomic E-state index is 0.0351. The van der Waals surface area contributed by atoms with Crippen molar-refractivity contribution in [2.24, 2.45) is 7.05 Å². The van der Waals surface area contributed by atoms with E-state index in [-0.39, 0.29) is 17.9 Å². The standard InChI is InChI=1S/C12H21N5O/c1-7(2)10-9(13)11(17(3)16-10)15-8-5-4-6-14-12(8)18/h7-8,15H,4-6,13H2,1-3H3,(H,14,18). The molecule has 0 spiro atoms. The summed E-state index contributed by atoms with van der Waals surface area (Å²) in [5.74, 6) is 1.04. The maximum absolute atomic E-state index is 11.7. The summed E-state index contributed by atoms with van der Waals surface area (Å²) in [6.07, 6.45) is 1.81. The molecule has 0 aliphatic carbocycles. The average molecular weight is 251 g/mol. The third-order valence-electron chi connectivity index (χ3n) is 3.26. The van der Waals surface area contributed by atoms with Gasteiger partial charge in [-0.05, 0) is 18.8 Å². The molecule has 0 aromatic carbocycles. The Hall–Kier alpha value is -1.72. The summed E-state index contributed by atoms with van der Waals surface area (Å²) in [6.45, 7) is 4.86. The van der Waals surface area contributed by atoms with Crippen molar-refractivity contribution in [2.75, 3.05) is 17.6 Å². The lowest BCUT2D eigenvalue weighted by atomic mass is 10.1. The number of rotatable bonds is 3. The minimum atomic E-state index is -0.212. The zero-order chi connectivity index (χ0) is 13.3. The molecule has 1 unspecified atom stereocenters. The number of carbonyl (C=O) groups excluding carboxylic acids is 1. The minimum Gasteiger partial charge on any atom is -0.394 e. The normalized spacial score (nSPS) is 20.0. The molecule has 1 aromatic rings. The molecule has 1 saturated heterocycles. The second-order valence-electron chi connectivity index (χ2n) is 5.06. The van der Waals surface area contributed by atoms with Crippen LogP contribution in [0.15, 0.2) is 0 Å². The van der Waals surface area contributed by atoms with Crippen LogP contribution >= 0.6 is 0 Å². The van der Waals surface area contributed by atoms with Crippen molar-refractivity contribution in [1.82, 2.24) is 15.1 Å². The van der Waals surface area contributed by atoms with Gasteiger partial charge in [0.05, 0.1) is 11.4 Å². The van der Waals surface area contributed by atoms with Gasteiger partial charge in [0, 0.05) is 13.6 Å². The predicted octanol–water partition coefficient (Wildman–Crippen LogP) is 0.816. The van der Waals surface area contributed by atoms with E-state index in [1.807, 2.05) is 7.05 Å². The predicted molar refractivity (Wildman–Crippen MR) is 71.4 cm³/mol. The molecule has 4 N–H and O–H groups in total. The van der Waals surface area contributed by atoms with E-state index in [0.29, 0.717) is 5.69 Å². The zero-order valence-electron chi connectivity index (χ0n) is 11.2. The molecule has 2 heterocycles. The number of aryl methyl sites for hydroxylation is 1. The van der Waals surface area contributed by atoms with Crippen LogP contribution in [0.3, 0.4) is 0 Å². The van der Waals surface area contributed by atoms with Crippen molar-refractivity contribution in [1.29, 1.82) is 0 Å². The van der Waals surface area contributed by atoms with Gasteiger partial charge in [0.1, 0.15) is 11.9 Å². The van der Waals surface area contributed by atoms with Gasteiger partial charge in [-0.25, -0.2) is 0 Å². The second kappa shape index (κ2) is 4.88. The number of nitrogens with one attached hydrogen (secondary N) is 2. The van der Waals surface area contributed by atoms with Crippen LogP contribution in [0.1, 0.15) is 38.3 Å². The number of nitrogens with two attached hydrogens (primary N) is 1. The fourth-order valence-electron chi connectivity index (χ4n) is 2.23. The smallest absolute Gasteiger partial charge is 0.242 e. The Morgan fingerprint density at radius 1 is 1.56 bits per heavy atom. The van der Waals surface area contributed by atoms with Gasteiger partial charge in [0.15, 0.2) is 0 Å². The van der Waals surface area contributed by atoms with Crippen molar-refractivity contribution in [2.45, 2.75) is 38.6 Å². The number of amides is 1. The second-order valence-corrected chi connectivity index (χ2v) is 5.06. The first-order valence-electron chi connectivity index (χ1n) is 6.37. The van der Waals surface area contributed by atoms with Crippen LogP contribution in [0.25, 0.3) is 0 Å². The van der Waals surface area contributed by atoms with Crippen LogP contribution in [0.4, 0.5) is 11.5 Å². The molecule has 2 rings (SSSR count). The first-order chi connectivity index (χ1) is 8.50. The average Bonchev–Trinajstić information content (AvgIpc) is 2.60.